The van der Waals surface area contributed by atoms with Crippen LogP contribution in [-0.2, 0) is 67.1 Å². The maximum Gasteiger partial charge on any atom is 0.248 e. The van der Waals surface area contributed by atoms with Gasteiger partial charge >= 0.3 is 0 Å². The number of aliphatic hydroxyl groups is 1. The van der Waals surface area contributed by atoms with E-state index in [0.29, 0.717) is 38.8 Å². The highest BCUT2D eigenvalue weighted by Gasteiger charge is 2.48. The van der Waals surface area contributed by atoms with Gasteiger partial charge in [-0.1, -0.05) is 190 Å². The zero-order chi connectivity index (χ0) is 89.4. The van der Waals surface area contributed by atoms with Gasteiger partial charge < -0.3 is 75.4 Å². The Bertz CT molecular complexity index is 3420. The molecule has 4 aliphatic carbocycles. The number of hydrogen-bond donors (Lipinski definition) is 5. The third-order valence-corrected chi connectivity index (χ3v) is 27.8. The zero-order valence-electron chi connectivity index (χ0n) is 77.4. The van der Waals surface area contributed by atoms with Crippen LogP contribution in [0.5, 0.6) is 0 Å². The molecule has 4 saturated carbocycles. The third-order valence-electron chi connectivity index (χ3n) is 27.8. The lowest BCUT2D eigenvalue weighted by Gasteiger charge is -2.40. The second-order valence-corrected chi connectivity index (χ2v) is 38.4. The molecule has 682 valence electrons. The number of hydrogen-bond acceptors (Lipinski definition) is 15. The van der Waals surface area contributed by atoms with E-state index in [-0.39, 0.29) is 85.9 Å². The van der Waals surface area contributed by atoms with E-state index < -0.39 is 174 Å². The molecule has 0 bridgehead atoms. The highest BCUT2D eigenvalue weighted by molar-refractivity contribution is 6.01. The molecule has 6 fully saturated rings. The minimum atomic E-state index is -1.81. The van der Waals surface area contributed by atoms with Gasteiger partial charge in [-0.25, -0.2) is 0 Å². The van der Waals surface area contributed by atoms with E-state index in [1.165, 1.54) is 116 Å². The Morgan fingerprint density at radius 1 is 0.417 bits per heavy atom. The molecule has 0 spiro atoms. The first-order valence-electron chi connectivity index (χ1n) is 46.1. The summed E-state index contributed by atoms with van der Waals surface area (Å²) >= 11 is 0. The van der Waals surface area contributed by atoms with Crippen molar-refractivity contribution in [3.8, 4) is 0 Å². The van der Waals surface area contributed by atoms with Crippen LogP contribution in [0.3, 0.4) is 0 Å². The smallest absolute Gasteiger partial charge is 0.248 e. The van der Waals surface area contributed by atoms with Crippen LogP contribution in [0.2, 0.25) is 0 Å². The van der Waals surface area contributed by atoms with Crippen LogP contribution in [0.4, 0.5) is 0 Å². The van der Waals surface area contributed by atoms with Crippen LogP contribution >= 0.6 is 0 Å². The fourth-order valence-electron chi connectivity index (χ4n) is 19.2. The quantitative estimate of drug-likeness (QED) is 0.0607. The number of likely N-dealkylation sites (tertiary alicyclic amines) is 1. The number of rotatable bonds is 24. The van der Waals surface area contributed by atoms with Crippen LogP contribution in [-0.4, -0.2) is 298 Å². The first-order valence-corrected chi connectivity index (χ1v) is 46.1. The molecule has 15 atom stereocenters. The van der Waals surface area contributed by atoms with E-state index in [9.17, 15) is 9.90 Å². The van der Waals surface area contributed by atoms with Gasteiger partial charge in [0.25, 0.3) is 0 Å². The number of likely N-dealkylation sites (N-methyl/N-ethyl adjacent to an activating group) is 9. The minimum absolute atomic E-state index is 0.0123. The van der Waals surface area contributed by atoms with Gasteiger partial charge in [0, 0.05) is 76.5 Å². The van der Waals surface area contributed by atoms with Crippen LogP contribution in [0.15, 0.2) is 0 Å². The fraction of sp³-hybridized carbons (Fsp3) is 0.846. The molecule has 0 aromatic carbocycles. The molecule has 120 heavy (non-hydrogen) atoms. The number of aliphatic hydroxyl groups excluding tert-OH is 1. The number of nitrogens with one attached hydrogen (secondary N) is 4. The standard InChI is InChI=1S/C91H158N14O15/c1-22-59(8)77-90(119)97(14)62(11)85(114)102(19)73(50-58(6)7)87(116)100(17)70(49-57(4)5)81(110)95-78(63(12)106)91(120)104(21)75(54-67-44-34-26-35-45-67)89(118)99(16)69(48-56(2)3)80(109)93-68(55-76(107)96(13)61(10)84(113)98(15)72(82(111)94-77)52-65-40-30-24-31-41-65)86(115)103(20)74(53-66-42-32-25-33-43-66)88(117)101(18)71(51-64-38-28-23-29-39-64)79(108)92-60(9)83(112)105-46-36-27-37-47-105/h56-75,77-78,106H,22-55H2,1-21H3,(H,92,108)(H,93,109)(H,94,111)(H,95,110)/t59-,60-,61-,62-,63+,68-,69-,70-,71-,72-,73-,74-,75-,77-,78-/m0/s1. The maximum atomic E-state index is 16.4. The molecule has 6 aliphatic rings. The van der Waals surface area contributed by atoms with E-state index >= 15 is 62.3 Å². The Morgan fingerprint density at radius 2 is 0.783 bits per heavy atom. The molecule has 6 rings (SSSR count). The van der Waals surface area contributed by atoms with Crippen molar-refractivity contribution in [2.24, 2.45) is 47.3 Å². The summed E-state index contributed by atoms with van der Waals surface area (Å²) in [5.74, 6) is -10.6. The second-order valence-electron chi connectivity index (χ2n) is 38.4. The SMILES string of the molecule is CC[C@H](C)[C@@H]1NC(=O)[C@H](CC2CCCCC2)N(C)C(=O)[C@H](C)N(C)C(=O)C[C@@H](C(=O)N(C)[C@@H](CC2CCCCC2)C(=O)N(C)[C@@H](CC2CCCCC2)C(=O)N[C@@H](C)C(=O)N2CCCCC2)NC(=O)[C@H](CC(C)C)N(C)C(=O)[C@H](CC2CCCCC2)N(C)C(=O)[C@H]([C@@H](C)O)NC(=O)[C@H](CC(C)C)N(C)C(=O)[C@H](CC(C)C)N(C)C(=O)[C@H](C)N(C)C1=O. The summed E-state index contributed by atoms with van der Waals surface area (Å²) in [5, 5.41) is 23.5. The van der Waals surface area contributed by atoms with Gasteiger partial charge in [0.2, 0.25) is 82.7 Å². The Labute approximate surface area is 718 Å². The largest absolute Gasteiger partial charge is 0.391 e. The summed E-state index contributed by atoms with van der Waals surface area (Å²) in [6, 6.07) is -16.9. The van der Waals surface area contributed by atoms with E-state index in [4.69, 9.17) is 0 Å². The van der Waals surface area contributed by atoms with E-state index in [1.807, 2.05) is 48.5 Å². The molecule has 0 aromatic rings. The number of nitrogens with zero attached hydrogens (tertiary/aromatic N) is 10. The number of carbonyl (C=O) groups is 14. The monoisotopic (exact) mass is 1690 g/mol. The lowest BCUT2D eigenvalue weighted by molar-refractivity contribution is -0.154. The predicted molar refractivity (Wildman–Crippen MR) is 463 cm³/mol. The van der Waals surface area contributed by atoms with Gasteiger partial charge in [-0.05, 0) is 139 Å². The average molecular weight is 1690 g/mol. The molecule has 14 amide bonds. The molecule has 5 N–H and O–H groups in total. The van der Waals surface area contributed by atoms with Crippen molar-refractivity contribution < 1.29 is 72.2 Å². The molecular weight excluding hydrogens is 1530 g/mol. The molecule has 2 aliphatic heterocycles. The highest BCUT2D eigenvalue weighted by atomic mass is 16.3. The summed E-state index contributed by atoms with van der Waals surface area (Å²) in [7, 11) is 13.1. The molecule has 29 heteroatoms. The minimum Gasteiger partial charge on any atom is -0.391 e. The third kappa shape index (κ3) is 27.8. The Morgan fingerprint density at radius 3 is 1.24 bits per heavy atom. The van der Waals surface area contributed by atoms with Crippen LogP contribution in [0.1, 0.15) is 289 Å². The number of carbonyl (C=O) groups excluding carboxylic acids is 14. The second kappa shape index (κ2) is 48.0. The van der Waals surface area contributed by atoms with Gasteiger partial charge in [-0.2, -0.15) is 0 Å². The van der Waals surface area contributed by atoms with Crippen molar-refractivity contribution in [1.29, 1.82) is 0 Å². The molecule has 2 saturated heterocycles. The fourth-order valence-corrected chi connectivity index (χ4v) is 19.2. The molecule has 2 heterocycles. The van der Waals surface area contributed by atoms with E-state index in [0.717, 1.165) is 140 Å². The average Bonchev–Trinajstić information content (AvgIpc) is 0.815. The summed E-state index contributed by atoms with van der Waals surface area (Å²) in [6.07, 6.45) is 18.9. The van der Waals surface area contributed by atoms with Gasteiger partial charge in [0.1, 0.15) is 78.5 Å². The normalized spacial score (nSPS) is 27.3. The highest BCUT2D eigenvalue weighted by Crippen LogP contribution is 2.36. The first-order chi connectivity index (χ1) is 56.5. The molecule has 0 aromatic heterocycles. The first kappa shape index (κ1) is 101. The Balaban J connectivity index is 1.54. The number of piperidine rings is 1. The molecular formula is C91H158N14O15. The predicted octanol–water partition coefficient (Wildman–Crippen LogP) is 8.29. The summed E-state index contributed by atoms with van der Waals surface area (Å²) in [6.45, 7) is 22.0. The zero-order valence-corrected chi connectivity index (χ0v) is 77.4. The van der Waals surface area contributed by atoms with Crippen molar-refractivity contribution >= 4 is 82.7 Å². The van der Waals surface area contributed by atoms with Crippen molar-refractivity contribution in [2.45, 2.75) is 373 Å². The Hall–Kier alpha value is -7.46. The van der Waals surface area contributed by atoms with Crippen LogP contribution in [0.25, 0.3) is 0 Å². The van der Waals surface area contributed by atoms with Crippen molar-refractivity contribution in [3.63, 3.8) is 0 Å². The Kier molecular flexibility index (Phi) is 40.5. The van der Waals surface area contributed by atoms with Gasteiger partial charge in [-0.3, -0.25) is 67.1 Å². The van der Waals surface area contributed by atoms with E-state index in [1.54, 1.807) is 25.8 Å². The summed E-state index contributed by atoms with van der Waals surface area (Å²) < 4.78 is 0. The summed E-state index contributed by atoms with van der Waals surface area (Å²) in [5.41, 5.74) is 0. The summed E-state index contributed by atoms with van der Waals surface area (Å²) in [4.78, 5) is 230. The van der Waals surface area contributed by atoms with Crippen molar-refractivity contribution in [3.05, 3.63) is 0 Å². The van der Waals surface area contributed by atoms with Gasteiger partial charge in [-0.15, -0.1) is 0 Å². The van der Waals surface area contributed by atoms with Crippen LogP contribution in [0, 0.1) is 47.3 Å². The van der Waals surface area contributed by atoms with Crippen LogP contribution < -0.4 is 21.3 Å². The topological polar surface area (TPSA) is 340 Å². The number of amides is 14. The molecule has 29 nitrogen and oxygen atoms in total. The molecule has 0 unspecified atom stereocenters. The van der Waals surface area contributed by atoms with Gasteiger partial charge in [0.15, 0.2) is 0 Å². The lowest BCUT2D eigenvalue weighted by Crippen LogP contribution is -2.63. The maximum absolute atomic E-state index is 16.4. The lowest BCUT2D eigenvalue weighted by atomic mass is 9.83. The van der Waals surface area contributed by atoms with Gasteiger partial charge in [0.05, 0.1) is 12.5 Å². The van der Waals surface area contributed by atoms with Crippen molar-refractivity contribution in [2.75, 3.05) is 76.5 Å². The molecule has 0 radical (unpaired) electrons. The van der Waals surface area contributed by atoms with E-state index in [2.05, 4.69) is 21.3 Å². The van der Waals surface area contributed by atoms with Crippen molar-refractivity contribution in [1.82, 2.24) is 70.3 Å².